The molecule has 0 saturated heterocycles. The predicted octanol–water partition coefficient (Wildman–Crippen LogP) is 4.21. The molecule has 0 aliphatic carbocycles. The fourth-order valence-electron chi connectivity index (χ4n) is 2.17. The number of benzene rings is 2. The maximum atomic E-state index is 12.2. The Labute approximate surface area is 130 Å². The quantitative estimate of drug-likeness (QED) is 0.917. The van der Waals surface area contributed by atoms with Crippen LogP contribution >= 0.6 is 11.6 Å². The number of hydrogen-bond donors (Lipinski definition) is 1. The van der Waals surface area contributed by atoms with Gasteiger partial charge >= 0.3 is 0 Å². The monoisotopic (exact) mass is 302 g/mol. The van der Waals surface area contributed by atoms with E-state index >= 15 is 0 Å². The number of hydrogen-bond acceptors (Lipinski definition) is 2. The maximum Gasteiger partial charge on any atom is 0.255 e. The van der Waals surface area contributed by atoms with Crippen LogP contribution in [0.1, 0.15) is 28.9 Å². The summed E-state index contributed by atoms with van der Waals surface area (Å²) in [4.78, 5) is 13.8. The lowest BCUT2D eigenvalue weighted by molar-refractivity contribution is 0.0828. The summed E-state index contributed by atoms with van der Waals surface area (Å²) in [5, 5.41) is 4.09. The van der Waals surface area contributed by atoms with Gasteiger partial charge in [0.25, 0.3) is 5.91 Å². The molecule has 0 radical (unpaired) electrons. The zero-order chi connectivity index (χ0) is 15.4. The van der Waals surface area contributed by atoms with Crippen LogP contribution in [0.3, 0.4) is 0 Å². The lowest BCUT2D eigenvalue weighted by atomic mass is 10.1. The smallest absolute Gasteiger partial charge is 0.255 e. The van der Waals surface area contributed by atoms with Crippen molar-refractivity contribution in [3.05, 3.63) is 64.7 Å². The molecule has 1 N–H and O–H groups in total. The molecule has 0 heterocycles. The van der Waals surface area contributed by atoms with Crippen LogP contribution < -0.4 is 5.32 Å². The Balaban J connectivity index is 2.28. The Morgan fingerprint density at radius 2 is 1.71 bits per heavy atom. The highest BCUT2D eigenvalue weighted by molar-refractivity contribution is 6.31. The van der Waals surface area contributed by atoms with E-state index in [1.54, 1.807) is 19.0 Å². The van der Waals surface area contributed by atoms with Gasteiger partial charge in [0.1, 0.15) is 0 Å². The fourth-order valence-corrected chi connectivity index (χ4v) is 2.47. The molecule has 2 aromatic rings. The Hall–Kier alpha value is -2.00. The summed E-state index contributed by atoms with van der Waals surface area (Å²) in [7, 11) is 3.49. The van der Waals surface area contributed by atoms with Crippen LogP contribution in [0.4, 0.5) is 5.69 Å². The highest BCUT2D eigenvalue weighted by Gasteiger charge is 2.15. The van der Waals surface area contributed by atoms with Crippen LogP contribution in [-0.4, -0.2) is 24.9 Å². The molecule has 3 nitrogen and oxygen atoms in total. The highest BCUT2D eigenvalue weighted by Crippen LogP contribution is 2.27. The molecular formula is C17H19ClN2O. The molecule has 1 amide bonds. The molecule has 2 rings (SSSR count). The van der Waals surface area contributed by atoms with Crippen molar-refractivity contribution in [3.63, 3.8) is 0 Å². The van der Waals surface area contributed by atoms with Crippen LogP contribution in [-0.2, 0) is 0 Å². The third kappa shape index (κ3) is 3.56. The summed E-state index contributed by atoms with van der Waals surface area (Å²) in [5.74, 6) is -0.0236. The lowest BCUT2D eigenvalue weighted by Gasteiger charge is -2.20. The van der Waals surface area contributed by atoms with E-state index in [2.05, 4.69) is 5.32 Å². The molecule has 110 valence electrons. The number of carbonyl (C=O) groups is 1. The topological polar surface area (TPSA) is 32.3 Å². The lowest BCUT2D eigenvalue weighted by Crippen LogP contribution is -2.23. The van der Waals surface area contributed by atoms with E-state index < -0.39 is 0 Å². The van der Waals surface area contributed by atoms with E-state index in [0.29, 0.717) is 10.6 Å². The van der Waals surface area contributed by atoms with E-state index in [9.17, 15) is 4.79 Å². The number of amides is 1. The number of rotatable bonds is 4. The van der Waals surface area contributed by atoms with Crippen molar-refractivity contribution < 1.29 is 4.79 Å². The minimum absolute atomic E-state index is 0.00909. The average Bonchev–Trinajstić information content (AvgIpc) is 2.47. The zero-order valence-electron chi connectivity index (χ0n) is 12.4. The van der Waals surface area contributed by atoms with Gasteiger partial charge in [-0.15, -0.1) is 0 Å². The van der Waals surface area contributed by atoms with Crippen molar-refractivity contribution in [1.29, 1.82) is 0 Å². The summed E-state index contributed by atoms with van der Waals surface area (Å²) < 4.78 is 0. The van der Waals surface area contributed by atoms with Crippen molar-refractivity contribution in [2.24, 2.45) is 0 Å². The second-order valence-corrected chi connectivity index (χ2v) is 5.54. The van der Waals surface area contributed by atoms with Crippen LogP contribution in [0.5, 0.6) is 0 Å². The van der Waals surface area contributed by atoms with E-state index in [4.69, 9.17) is 11.6 Å². The molecule has 0 aliphatic rings. The maximum absolute atomic E-state index is 12.2. The molecule has 0 aromatic heterocycles. The molecule has 21 heavy (non-hydrogen) atoms. The Kier molecular flexibility index (Phi) is 4.86. The first-order valence-corrected chi connectivity index (χ1v) is 7.20. The third-order valence-corrected chi connectivity index (χ3v) is 3.65. The van der Waals surface area contributed by atoms with Crippen LogP contribution in [0.25, 0.3) is 0 Å². The summed E-state index contributed by atoms with van der Waals surface area (Å²) >= 11 is 6.22. The van der Waals surface area contributed by atoms with Crippen molar-refractivity contribution in [3.8, 4) is 0 Å². The predicted molar refractivity (Wildman–Crippen MR) is 87.9 cm³/mol. The minimum Gasteiger partial charge on any atom is -0.378 e. The Morgan fingerprint density at radius 3 is 2.38 bits per heavy atom. The normalized spacial score (nSPS) is 11.8. The minimum atomic E-state index is -0.0236. The van der Waals surface area contributed by atoms with Crippen LogP contribution in [0.2, 0.25) is 5.02 Å². The molecular weight excluding hydrogens is 284 g/mol. The number of anilines is 1. The van der Waals surface area contributed by atoms with Crippen molar-refractivity contribution in [1.82, 2.24) is 4.90 Å². The molecule has 1 atom stereocenters. The third-order valence-electron chi connectivity index (χ3n) is 3.31. The van der Waals surface area contributed by atoms with Gasteiger partial charge < -0.3 is 10.2 Å². The van der Waals surface area contributed by atoms with E-state index in [1.807, 2.05) is 55.5 Å². The molecule has 0 bridgehead atoms. The summed E-state index contributed by atoms with van der Waals surface area (Å²) in [5.41, 5.74) is 2.47. The number of para-hydroxylation sites is 1. The summed E-state index contributed by atoms with van der Waals surface area (Å²) in [6, 6.07) is 15.2. The van der Waals surface area contributed by atoms with Gasteiger partial charge in [-0.05, 0) is 30.7 Å². The zero-order valence-corrected chi connectivity index (χ0v) is 13.2. The summed E-state index contributed by atoms with van der Waals surface area (Å²) in [6.07, 6.45) is 0. The van der Waals surface area contributed by atoms with Crippen molar-refractivity contribution >= 4 is 23.2 Å². The average molecular weight is 303 g/mol. The van der Waals surface area contributed by atoms with Crippen molar-refractivity contribution in [2.45, 2.75) is 13.0 Å². The molecule has 2 aromatic carbocycles. The second-order valence-electron chi connectivity index (χ2n) is 5.13. The Morgan fingerprint density at radius 1 is 1.10 bits per heavy atom. The molecule has 0 saturated carbocycles. The first-order chi connectivity index (χ1) is 10.0. The molecule has 4 heteroatoms. The molecule has 0 aliphatic heterocycles. The van der Waals surface area contributed by atoms with Gasteiger partial charge in [0, 0.05) is 24.8 Å². The molecule has 0 fully saturated rings. The molecule has 1 unspecified atom stereocenters. The van der Waals surface area contributed by atoms with Crippen molar-refractivity contribution in [2.75, 3.05) is 19.4 Å². The van der Waals surface area contributed by atoms with E-state index in [-0.39, 0.29) is 11.9 Å². The summed E-state index contributed by atoms with van der Waals surface area (Å²) in [6.45, 7) is 2.03. The first kappa shape index (κ1) is 15.4. The second kappa shape index (κ2) is 6.64. The van der Waals surface area contributed by atoms with E-state index in [0.717, 1.165) is 11.3 Å². The van der Waals surface area contributed by atoms with Crippen LogP contribution in [0, 0.1) is 0 Å². The number of halogens is 1. The van der Waals surface area contributed by atoms with Gasteiger partial charge in [0.05, 0.1) is 11.6 Å². The fraction of sp³-hybridized carbons (Fsp3) is 0.235. The number of nitrogens with one attached hydrogen (secondary N) is 1. The van der Waals surface area contributed by atoms with Gasteiger partial charge in [0.15, 0.2) is 0 Å². The van der Waals surface area contributed by atoms with Gasteiger partial charge in [-0.2, -0.15) is 0 Å². The van der Waals surface area contributed by atoms with Crippen LogP contribution in [0.15, 0.2) is 48.5 Å². The SMILES string of the molecule is CC(Nc1ccccc1C(=O)N(C)C)c1ccccc1Cl. The van der Waals surface area contributed by atoms with Gasteiger partial charge in [-0.1, -0.05) is 41.9 Å². The highest BCUT2D eigenvalue weighted by atomic mass is 35.5. The van der Waals surface area contributed by atoms with E-state index in [1.165, 1.54) is 0 Å². The largest absolute Gasteiger partial charge is 0.378 e. The number of carbonyl (C=O) groups excluding carboxylic acids is 1. The Bertz CT molecular complexity index is 640. The first-order valence-electron chi connectivity index (χ1n) is 6.82. The van der Waals surface area contributed by atoms with Gasteiger partial charge in [-0.3, -0.25) is 4.79 Å². The van der Waals surface area contributed by atoms with Gasteiger partial charge in [0.2, 0.25) is 0 Å². The van der Waals surface area contributed by atoms with Gasteiger partial charge in [-0.25, -0.2) is 0 Å². The number of nitrogens with zero attached hydrogens (tertiary/aromatic N) is 1. The standard InChI is InChI=1S/C17H19ClN2O/c1-12(13-8-4-6-10-15(13)18)19-16-11-7-5-9-14(16)17(21)20(2)3/h4-12,19H,1-3H3. The molecule has 0 spiro atoms.